The number of carbonyl (C=O) groups is 1. The maximum atomic E-state index is 11.9. The monoisotopic (exact) mass is 215 g/mol. The first-order chi connectivity index (χ1) is 7.67. The normalized spacial score (nSPS) is 18.7. The minimum absolute atomic E-state index is 0.0692. The van der Waals surface area contributed by atoms with E-state index >= 15 is 0 Å². The molecule has 1 aromatic carbocycles. The molecular weight excluding hydrogens is 202 g/mol. The zero-order chi connectivity index (χ0) is 11.7. The lowest BCUT2D eigenvalue weighted by Crippen LogP contribution is -2.44. The van der Waals surface area contributed by atoms with Crippen LogP contribution in [0.1, 0.15) is 18.9 Å². The highest BCUT2D eigenvalue weighted by Crippen LogP contribution is 2.31. The SMILES string of the molecule is CCC1Nc2cc(C#N)ccc2N(C)C1=O. The first kappa shape index (κ1) is 10.5. The summed E-state index contributed by atoms with van der Waals surface area (Å²) in [6.07, 6.45) is 0.736. The van der Waals surface area contributed by atoms with Gasteiger partial charge in [0.2, 0.25) is 5.91 Å². The highest BCUT2D eigenvalue weighted by atomic mass is 16.2. The van der Waals surface area contributed by atoms with Gasteiger partial charge < -0.3 is 10.2 Å². The van der Waals surface area contributed by atoms with E-state index in [9.17, 15) is 4.79 Å². The van der Waals surface area contributed by atoms with Gasteiger partial charge >= 0.3 is 0 Å². The molecule has 0 aromatic heterocycles. The predicted octanol–water partition coefficient (Wildman–Crippen LogP) is 1.73. The van der Waals surface area contributed by atoms with Gasteiger partial charge in [-0.3, -0.25) is 4.79 Å². The van der Waals surface area contributed by atoms with E-state index in [4.69, 9.17) is 5.26 Å². The van der Waals surface area contributed by atoms with Gasteiger partial charge in [0.1, 0.15) is 6.04 Å². The van der Waals surface area contributed by atoms with Crippen molar-refractivity contribution in [1.82, 2.24) is 0 Å². The third kappa shape index (κ3) is 1.50. The topological polar surface area (TPSA) is 56.1 Å². The molecule has 0 saturated carbocycles. The Morgan fingerprint density at radius 3 is 2.94 bits per heavy atom. The molecule has 1 aromatic rings. The molecule has 4 nitrogen and oxygen atoms in total. The van der Waals surface area contributed by atoms with Crippen LogP contribution in [0.3, 0.4) is 0 Å². The summed E-state index contributed by atoms with van der Waals surface area (Å²) in [6, 6.07) is 7.20. The third-order valence-corrected chi connectivity index (χ3v) is 2.85. The molecule has 2 rings (SSSR count). The number of carbonyl (C=O) groups excluding carboxylic acids is 1. The average molecular weight is 215 g/mol. The Morgan fingerprint density at radius 2 is 2.31 bits per heavy atom. The van der Waals surface area contributed by atoms with Crippen molar-refractivity contribution in [2.75, 3.05) is 17.3 Å². The minimum Gasteiger partial charge on any atom is -0.372 e. The van der Waals surface area contributed by atoms with Gasteiger partial charge in [-0.15, -0.1) is 0 Å². The zero-order valence-electron chi connectivity index (χ0n) is 9.32. The van der Waals surface area contributed by atoms with E-state index in [0.717, 1.165) is 17.8 Å². The second-order valence-corrected chi connectivity index (χ2v) is 3.85. The van der Waals surface area contributed by atoms with Crippen LogP contribution in [0.15, 0.2) is 18.2 Å². The van der Waals surface area contributed by atoms with Crippen molar-refractivity contribution in [3.05, 3.63) is 23.8 Å². The summed E-state index contributed by atoms with van der Waals surface area (Å²) in [4.78, 5) is 13.5. The van der Waals surface area contributed by atoms with Gasteiger partial charge in [-0.2, -0.15) is 5.26 Å². The van der Waals surface area contributed by atoms with Crippen LogP contribution in [0.5, 0.6) is 0 Å². The molecule has 0 saturated heterocycles. The van der Waals surface area contributed by atoms with Gasteiger partial charge in [0, 0.05) is 7.05 Å². The smallest absolute Gasteiger partial charge is 0.249 e. The highest BCUT2D eigenvalue weighted by molar-refractivity contribution is 6.04. The summed E-state index contributed by atoms with van der Waals surface area (Å²) in [5.74, 6) is 0.0692. The van der Waals surface area contributed by atoms with E-state index < -0.39 is 0 Å². The fourth-order valence-electron chi connectivity index (χ4n) is 1.89. The van der Waals surface area contributed by atoms with Crippen LogP contribution in [0, 0.1) is 11.3 Å². The number of nitriles is 1. The molecule has 0 bridgehead atoms. The lowest BCUT2D eigenvalue weighted by atomic mass is 10.1. The van der Waals surface area contributed by atoms with Crippen molar-refractivity contribution in [3.8, 4) is 6.07 Å². The fourth-order valence-corrected chi connectivity index (χ4v) is 1.89. The molecule has 1 N–H and O–H groups in total. The van der Waals surface area contributed by atoms with Crippen LogP contribution in [0.25, 0.3) is 0 Å². The highest BCUT2D eigenvalue weighted by Gasteiger charge is 2.28. The zero-order valence-corrected chi connectivity index (χ0v) is 9.32. The molecular formula is C12H13N3O. The Hall–Kier alpha value is -2.02. The second-order valence-electron chi connectivity index (χ2n) is 3.85. The number of anilines is 2. The number of hydrogen-bond donors (Lipinski definition) is 1. The molecule has 82 valence electrons. The molecule has 1 amide bonds. The van der Waals surface area contributed by atoms with Gasteiger partial charge in [0.15, 0.2) is 0 Å². The lowest BCUT2D eigenvalue weighted by molar-refractivity contribution is -0.119. The van der Waals surface area contributed by atoms with Gasteiger partial charge in [0.25, 0.3) is 0 Å². The Balaban J connectivity index is 2.47. The van der Waals surface area contributed by atoms with E-state index in [-0.39, 0.29) is 11.9 Å². The summed E-state index contributed by atoms with van der Waals surface area (Å²) in [6.45, 7) is 1.96. The molecule has 1 aliphatic rings. The molecule has 1 heterocycles. The van der Waals surface area contributed by atoms with Crippen LogP contribution in [-0.2, 0) is 4.79 Å². The Morgan fingerprint density at radius 1 is 1.56 bits per heavy atom. The van der Waals surface area contributed by atoms with E-state index in [1.54, 1.807) is 30.1 Å². The van der Waals surface area contributed by atoms with E-state index in [0.29, 0.717) is 5.56 Å². The van der Waals surface area contributed by atoms with Crippen LogP contribution in [-0.4, -0.2) is 19.0 Å². The van der Waals surface area contributed by atoms with Crippen LogP contribution < -0.4 is 10.2 Å². The van der Waals surface area contributed by atoms with Crippen molar-refractivity contribution in [3.63, 3.8) is 0 Å². The maximum Gasteiger partial charge on any atom is 0.249 e. The molecule has 16 heavy (non-hydrogen) atoms. The van der Waals surface area contributed by atoms with E-state index in [2.05, 4.69) is 11.4 Å². The molecule has 1 atom stereocenters. The number of nitrogens with zero attached hydrogens (tertiary/aromatic N) is 2. The van der Waals surface area contributed by atoms with Crippen molar-refractivity contribution < 1.29 is 4.79 Å². The molecule has 1 aliphatic heterocycles. The minimum atomic E-state index is -0.188. The second kappa shape index (κ2) is 3.86. The Bertz CT molecular complexity index is 476. The van der Waals surface area contributed by atoms with Gasteiger partial charge in [-0.05, 0) is 24.6 Å². The molecule has 0 spiro atoms. The standard InChI is InChI=1S/C12H13N3O/c1-3-9-12(16)15(2)11-5-4-8(7-13)6-10(11)14-9/h4-6,9,14H,3H2,1-2H3. The summed E-state index contributed by atoms with van der Waals surface area (Å²) in [7, 11) is 1.76. The summed E-state index contributed by atoms with van der Waals surface area (Å²) in [5, 5.41) is 12.0. The summed E-state index contributed by atoms with van der Waals surface area (Å²) < 4.78 is 0. The fraction of sp³-hybridized carbons (Fsp3) is 0.333. The Kier molecular flexibility index (Phi) is 2.53. The van der Waals surface area contributed by atoms with Crippen LogP contribution in [0.2, 0.25) is 0 Å². The average Bonchev–Trinajstić information content (AvgIpc) is 2.33. The molecule has 0 aliphatic carbocycles. The molecule has 1 unspecified atom stereocenters. The molecule has 4 heteroatoms. The first-order valence-electron chi connectivity index (χ1n) is 5.25. The van der Waals surface area contributed by atoms with Crippen molar-refractivity contribution >= 4 is 17.3 Å². The van der Waals surface area contributed by atoms with Gasteiger partial charge in [0.05, 0.1) is 23.0 Å². The van der Waals surface area contributed by atoms with E-state index in [1.165, 1.54) is 0 Å². The lowest BCUT2D eigenvalue weighted by Gasteiger charge is -2.32. The third-order valence-electron chi connectivity index (χ3n) is 2.85. The number of amides is 1. The number of likely N-dealkylation sites (N-methyl/N-ethyl adjacent to an activating group) is 1. The van der Waals surface area contributed by atoms with Gasteiger partial charge in [-0.1, -0.05) is 6.92 Å². The quantitative estimate of drug-likeness (QED) is 0.776. The molecule has 0 radical (unpaired) electrons. The number of fused-ring (bicyclic) bond motifs is 1. The number of rotatable bonds is 1. The van der Waals surface area contributed by atoms with Crippen molar-refractivity contribution in [2.45, 2.75) is 19.4 Å². The number of benzene rings is 1. The van der Waals surface area contributed by atoms with Crippen molar-refractivity contribution in [1.29, 1.82) is 5.26 Å². The maximum absolute atomic E-state index is 11.9. The summed E-state index contributed by atoms with van der Waals surface area (Å²) in [5.41, 5.74) is 2.28. The van der Waals surface area contributed by atoms with Crippen LogP contribution >= 0.6 is 0 Å². The van der Waals surface area contributed by atoms with Gasteiger partial charge in [-0.25, -0.2) is 0 Å². The first-order valence-corrected chi connectivity index (χ1v) is 5.25. The van der Waals surface area contributed by atoms with Crippen molar-refractivity contribution in [2.24, 2.45) is 0 Å². The largest absolute Gasteiger partial charge is 0.372 e. The molecule has 0 fully saturated rings. The van der Waals surface area contributed by atoms with Crippen LogP contribution in [0.4, 0.5) is 11.4 Å². The number of hydrogen-bond acceptors (Lipinski definition) is 3. The number of nitrogens with one attached hydrogen (secondary N) is 1. The van der Waals surface area contributed by atoms with E-state index in [1.807, 2.05) is 6.92 Å². The Labute approximate surface area is 94.5 Å². The summed E-state index contributed by atoms with van der Waals surface area (Å²) >= 11 is 0. The predicted molar refractivity (Wildman–Crippen MR) is 62.3 cm³/mol.